The normalized spacial score (nSPS) is 13.4. The number of nitro benzene ring substituents is 1. The van der Waals surface area contributed by atoms with Gasteiger partial charge in [0.1, 0.15) is 5.60 Å². The summed E-state index contributed by atoms with van der Waals surface area (Å²) in [5.74, 6) is 0. The summed E-state index contributed by atoms with van der Waals surface area (Å²) in [4.78, 5) is 9.22. The largest absolute Gasteiger partial charge is 0.833 e. The van der Waals surface area contributed by atoms with Crippen molar-refractivity contribution in [2.24, 2.45) is 0 Å². The minimum absolute atomic E-state index is 0.145. The molecule has 0 aliphatic rings. The highest BCUT2D eigenvalue weighted by molar-refractivity contribution is 5.36. The summed E-state index contributed by atoms with van der Waals surface area (Å²) in [5.41, 5.74) is -7.71. The molecule has 0 aliphatic carbocycles. The summed E-state index contributed by atoms with van der Waals surface area (Å²) in [5, 5.41) is 21.4. The average Bonchev–Trinajstić information content (AvgIpc) is 2.25. The molecule has 1 rings (SSSR count). The molecule has 0 radical (unpaired) electrons. The van der Waals surface area contributed by atoms with E-state index in [0.717, 1.165) is 0 Å². The molecule has 0 amide bonds. The molecule has 0 heterocycles. The van der Waals surface area contributed by atoms with Gasteiger partial charge in [-0.1, -0.05) is 12.1 Å². The highest BCUT2D eigenvalue weighted by Gasteiger charge is 2.63. The Kier molecular flexibility index (Phi) is 3.50. The fraction of sp³-hybridized carbons (Fsp3) is 0.333. The van der Waals surface area contributed by atoms with Gasteiger partial charge >= 0.3 is 12.4 Å². The highest BCUT2D eigenvalue weighted by atomic mass is 19.4. The number of alkyl halides is 6. The SMILES string of the molecule is O=[N+]([O-])c1ccc(C([O-])(C(F)(F)F)C(F)(F)F)cc1. The molecule has 0 aliphatic heterocycles. The van der Waals surface area contributed by atoms with Crippen LogP contribution in [0.3, 0.4) is 0 Å². The molecule has 0 unspecified atom stereocenters. The molecule has 10 heteroatoms. The Morgan fingerprint density at radius 3 is 1.53 bits per heavy atom. The van der Waals surface area contributed by atoms with Crippen LogP contribution in [0.15, 0.2) is 24.3 Å². The Bertz CT molecular complexity index is 464. The number of hydrogen-bond donors (Lipinski definition) is 0. The second-order valence-corrected chi connectivity index (χ2v) is 3.48. The van der Waals surface area contributed by atoms with Gasteiger partial charge in [-0.15, -0.1) is 0 Å². The van der Waals surface area contributed by atoms with Crippen molar-refractivity contribution in [2.45, 2.75) is 18.0 Å². The lowest BCUT2D eigenvalue weighted by Gasteiger charge is -2.43. The van der Waals surface area contributed by atoms with Crippen LogP contribution in [0.5, 0.6) is 0 Å². The Morgan fingerprint density at radius 1 is 0.895 bits per heavy atom. The maximum atomic E-state index is 12.4. The van der Waals surface area contributed by atoms with E-state index in [-0.39, 0.29) is 12.1 Å². The molecule has 0 N–H and O–H groups in total. The van der Waals surface area contributed by atoms with Gasteiger partial charge in [0.05, 0.1) is 4.92 Å². The van der Waals surface area contributed by atoms with Crippen molar-refractivity contribution in [1.29, 1.82) is 0 Å². The summed E-state index contributed by atoms with van der Waals surface area (Å²) in [6, 6.07) is 1.09. The third kappa shape index (κ3) is 2.48. The Hall–Kier alpha value is -1.84. The Morgan fingerprint density at radius 2 is 1.26 bits per heavy atom. The van der Waals surface area contributed by atoms with Crippen LogP contribution in [0.4, 0.5) is 32.0 Å². The lowest BCUT2D eigenvalue weighted by Crippen LogP contribution is -2.63. The molecular formula is C9H4F6NO3-. The zero-order valence-electron chi connectivity index (χ0n) is 8.75. The second kappa shape index (κ2) is 4.37. The molecule has 0 saturated carbocycles. The van der Waals surface area contributed by atoms with Crippen LogP contribution in [-0.4, -0.2) is 17.3 Å². The predicted octanol–water partition coefficient (Wildman–Crippen LogP) is 2.27. The third-order valence-corrected chi connectivity index (χ3v) is 2.28. The van der Waals surface area contributed by atoms with Gasteiger partial charge in [0, 0.05) is 12.1 Å². The summed E-state index contributed by atoms with van der Waals surface area (Å²) in [7, 11) is 0. The fourth-order valence-electron chi connectivity index (χ4n) is 1.31. The lowest BCUT2D eigenvalue weighted by atomic mass is 9.92. The fourth-order valence-corrected chi connectivity index (χ4v) is 1.31. The zero-order valence-corrected chi connectivity index (χ0v) is 8.75. The van der Waals surface area contributed by atoms with E-state index in [9.17, 15) is 41.6 Å². The van der Waals surface area contributed by atoms with Crippen molar-refractivity contribution in [3.05, 3.63) is 39.9 Å². The molecule has 0 bridgehead atoms. The number of halogens is 6. The van der Waals surface area contributed by atoms with E-state index in [1.807, 2.05) is 0 Å². The number of nitro groups is 1. The number of benzene rings is 1. The van der Waals surface area contributed by atoms with Crippen molar-refractivity contribution in [3.63, 3.8) is 0 Å². The quantitative estimate of drug-likeness (QED) is 0.476. The molecule has 1 aromatic rings. The Labute approximate surface area is 101 Å². The summed E-state index contributed by atoms with van der Waals surface area (Å²) in [6.45, 7) is 0. The molecule has 0 fully saturated rings. The third-order valence-electron chi connectivity index (χ3n) is 2.28. The van der Waals surface area contributed by atoms with Crippen molar-refractivity contribution < 1.29 is 36.4 Å². The Balaban J connectivity index is 3.40. The first-order valence-electron chi connectivity index (χ1n) is 4.50. The van der Waals surface area contributed by atoms with Crippen LogP contribution >= 0.6 is 0 Å². The van der Waals surface area contributed by atoms with Crippen LogP contribution in [0.1, 0.15) is 5.56 Å². The summed E-state index contributed by atoms with van der Waals surface area (Å²) < 4.78 is 74.3. The van der Waals surface area contributed by atoms with Crippen LogP contribution in [0.2, 0.25) is 0 Å². The van der Waals surface area contributed by atoms with Crippen molar-refractivity contribution in [3.8, 4) is 0 Å². The first kappa shape index (κ1) is 15.2. The molecule has 19 heavy (non-hydrogen) atoms. The van der Waals surface area contributed by atoms with Gasteiger partial charge in [-0.2, -0.15) is 26.3 Å². The van der Waals surface area contributed by atoms with E-state index >= 15 is 0 Å². The molecule has 4 nitrogen and oxygen atoms in total. The molecular weight excluding hydrogens is 284 g/mol. The van der Waals surface area contributed by atoms with Gasteiger partial charge in [-0.05, 0) is 5.56 Å². The standard InChI is InChI=1S/C9H4F6NO3/c10-8(11,12)7(17,9(13,14)15)5-1-3-6(4-2-5)16(18)19/h1-4H/q-1. The van der Waals surface area contributed by atoms with Crippen molar-refractivity contribution >= 4 is 5.69 Å². The minimum Gasteiger partial charge on any atom is -0.833 e. The van der Waals surface area contributed by atoms with Gasteiger partial charge in [0.25, 0.3) is 5.69 Å². The summed E-state index contributed by atoms with van der Waals surface area (Å²) in [6.07, 6.45) is -12.2. The first-order valence-corrected chi connectivity index (χ1v) is 4.50. The van der Waals surface area contributed by atoms with Crippen LogP contribution in [0.25, 0.3) is 0 Å². The summed E-state index contributed by atoms with van der Waals surface area (Å²) >= 11 is 0. The topological polar surface area (TPSA) is 66.2 Å². The van der Waals surface area contributed by atoms with Gasteiger partial charge in [0.2, 0.25) is 0 Å². The van der Waals surface area contributed by atoms with E-state index in [2.05, 4.69) is 0 Å². The molecule has 0 aromatic heterocycles. The maximum absolute atomic E-state index is 12.4. The monoisotopic (exact) mass is 288 g/mol. The molecule has 0 atom stereocenters. The van der Waals surface area contributed by atoms with E-state index in [1.165, 1.54) is 0 Å². The minimum atomic E-state index is -6.12. The smallest absolute Gasteiger partial charge is 0.392 e. The number of non-ortho nitro benzene ring substituents is 1. The second-order valence-electron chi connectivity index (χ2n) is 3.48. The lowest BCUT2D eigenvalue weighted by molar-refractivity contribution is -0.604. The molecule has 1 aromatic carbocycles. The maximum Gasteiger partial charge on any atom is 0.392 e. The number of rotatable bonds is 2. The van der Waals surface area contributed by atoms with E-state index in [4.69, 9.17) is 0 Å². The van der Waals surface area contributed by atoms with Crippen LogP contribution in [0, 0.1) is 10.1 Å². The van der Waals surface area contributed by atoms with Gasteiger partial charge in [-0.25, -0.2) is 0 Å². The molecule has 0 spiro atoms. The average molecular weight is 288 g/mol. The first-order chi connectivity index (χ1) is 8.41. The zero-order chi connectivity index (χ0) is 15.1. The van der Waals surface area contributed by atoms with Crippen molar-refractivity contribution in [2.75, 3.05) is 0 Å². The molecule has 106 valence electrons. The predicted molar refractivity (Wildman–Crippen MR) is 46.9 cm³/mol. The van der Waals surface area contributed by atoms with Gasteiger partial charge in [-0.3, -0.25) is 10.1 Å². The van der Waals surface area contributed by atoms with E-state index < -0.39 is 34.1 Å². The van der Waals surface area contributed by atoms with Crippen LogP contribution < -0.4 is 5.11 Å². The van der Waals surface area contributed by atoms with Gasteiger partial charge < -0.3 is 5.11 Å². The highest BCUT2D eigenvalue weighted by Crippen LogP contribution is 2.47. The molecule has 0 saturated heterocycles. The number of nitrogens with zero attached hydrogens (tertiary/aromatic N) is 1. The number of hydrogen-bond acceptors (Lipinski definition) is 3. The van der Waals surface area contributed by atoms with E-state index in [1.54, 1.807) is 0 Å². The van der Waals surface area contributed by atoms with Crippen molar-refractivity contribution in [1.82, 2.24) is 0 Å². The van der Waals surface area contributed by atoms with Crippen LogP contribution in [-0.2, 0) is 5.60 Å². The van der Waals surface area contributed by atoms with E-state index in [0.29, 0.717) is 12.1 Å². The van der Waals surface area contributed by atoms with Gasteiger partial charge in [0.15, 0.2) is 0 Å².